The molecule has 254 valence electrons. The molecule has 0 spiro atoms. The fraction of sp³-hybridized carbons (Fsp3) is 0.583. The number of allylic oxidation sites excluding steroid dienone is 5. The number of aryl methyl sites for hydroxylation is 1. The van der Waals surface area contributed by atoms with Gasteiger partial charge in [0, 0.05) is 29.3 Å². The van der Waals surface area contributed by atoms with Crippen molar-refractivity contribution in [3.05, 3.63) is 53.1 Å². The second kappa shape index (κ2) is 20.6. The molecule has 0 unspecified atom stereocenters. The lowest BCUT2D eigenvalue weighted by molar-refractivity contribution is -0.129. The smallest absolute Gasteiger partial charge is 0.416 e. The van der Waals surface area contributed by atoms with Crippen molar-refractivity contribution in [1.82, 2.24) is 5.32 Å². The molecule has 0 aromatic heterocycles. The van der Waals surface area contributed by atoms with E-state index in [1.54, 1.807) is 19.1 Å². The summed E-state index contributed by atoms with van der Waals surface area (Å²) < 4.78 is 45.3. The van der Waals surface area contributed by atoms with E-state index in [-0.39, 0.29) is 11.5 Å². The lowest BCUT2D eigenvalue weighted by Gasteiger charge is -2.23. The number of anilines is 1. The summed E-state index contributed by atoms with van der Waals surface area (Å²) >= 11 is 0. The van der Waals surface area contributed by atoms with E-state index in [9.17, 15) is 22.8 Å². The first-order chi connectivity index (χ1) is 20.9. The highest BCUT2D eigenvalue weighted by molar-refractivity contribution is 6.04. The van der Waals surface area contributed by atoms with Gasteiger partial charge in [-0.15, -0.1) is 0 Å². The fourth-order valence-corrected chi connectivity index (χ4v) is 3.61. The summed E-state index contributed by atoms with van der Waals surface area (Å²) in [5.74, 6) is 0.860. The number of alkyl halides is 3. The summed E-state index contributed by atoms with van der Waals surface area (Å²) in [5.41, 5.74) is 1.76. The lowest BCUT2D eigenvalue weighted by Crippen LogP contribution is -2.36. The highest BCUT2D eigenvalue weighted by atomic mass is 19.4. The third-order valence-electron chi connectivity index (χ3n) is 7.00. The molecule has 0 bridgehead atoms. The van der Waals surface area contributed by atoms with Crippen LogP contribution in [0.4, 0.5) is 24.5 Å². The van der Waals surface area contributed by atoms with Crippen LogP contribution in [0.15, 0.2) is 52.6 Å². The molecular formula is C36H56F3N3O3. The molecule has 0 fully saturated rings. The van der Waals surface area contributed by atoms with Crippen LogP contribution >= 0.6 is 0 Å². The van der Waals surface area contributed by atoms with Crippen LogP contribution in [0.25, 0.3) is 0 Å². The van der Waals surface area contributed by atoms with Crippen LogP contribution in [-0.4, -0.2) is 36.9 Å². The molecule has 0 aliphatic carbocycles. The molecule has 2 amide bonds. The third kappa shape index (κ3) is 16.5. The Labute approximate surface area is 269 Å². The maximum atomic E-state index is 13.2. The van der Waals surface area contributed by atoms with Gasteiger partial charge in [-0.25, -0.2) is 0 Å². The minimum absolute atomic E-state index is 0.00583. The summed E-state index contributed by atoms with van der Waals surface area (Å²) in [6, 6.07) is 3.51. The van der Waals surface area contributed by atoms with Crippen molar-refractivity contribution < 1.29 is 27.5 Å². The zero-order valence-electron chi connectivity index (χ0n) is 29.3. The van der Waals surface area contributed by atoms with Gasteiger partial charge in [0.1, 0.15) is 5.75 Å². The quantitative estimate of drug-likeness (QED) is 0.114. The number of hydrogen-bond donors (Lipinski definition) is 2. The Balaban J connectivity index is 0.00000356. The molecule has 45 heavy (non-hydrogen) atoms. The Morgan fingerprint density at radius 1 is 1.07 bits per heavy atom. The van der Waals surface area contributed by atoms with Crippen LogP contribution in [0.3, 0.4) is 0 Å². The molecule has 0 atom stereocenters. The fourth-order valence-electron chi connectivity index (χ4n) is 3.61. The van der Waals surface area contributed by atoms with Crippen LogP contribution < -0.4 is 15.4 Å². The molecular weight excluding hydrogens is 579 g/mol. The van der Waals surface area contributed by atoms with E-state index in [0.29, 0.717) is 56.0 Å². The molecule has 0 aliphatic rings. The summed E-state index contributed by atoms with van der Waals surface area (Å²) in [6.45, 7) is 22.2. The van der Waals surface area contributed by atoms with Gasteiger partial charge >= 0.3 is 6.18 Å². The number of nitrogens with one attached hydrogen (secondary N) is 2. The highest BCUT2D eigenvalue weighted by Gasteiger charge is 2.31. The van der Waals surface area contributed by atoms with Crippen molar-refractivity contribution in [3.63, 3.8) is 0 Å². The zero-order valence-corrected chi connectivity index (χ0v) is 29.3. The van der Waals surface area contributed by atoms with Crippen molar-refractivity contribution in [1.29, 1.82) is 0 Å². The predicted octanol–water partition coefficient (Wildman–Crippen LogP) is 10.2. The van der Waals surface area contributed by atoms with Gasteiger partial charge in [0.25, 0.3) is 5.91 Å². The van der Waals surface area contributed by atoms with Gasteiger partial charge in [-0.3, -0.25) is 14.6 Å². The van der Waals surface area contributed by atoms with Gasteiger partial charge in [0.15, 0.2) is 0 Å². The zero-order chi connectivity index (χ0) is 34.8. The van der Waals surface area contributed by atoms with Crippen molar-refractivity contribution >= 4 is 28.9 Å². The number of rotatable bonds is 15. The van der Waals surface area contributed by atoms with Crippen molar-refractivity contribution in [3.8, 4) is 5.75 Å². The molecule has 6 nitrogen and oxygen atoms in total. The highest BCUT2D eigenvalue weighted by Crippen LogP contribution is 2.34. The van der Waals surface area contributed by atoms with Gasteiger partial charge in [0.05, 0.1) is 23.6 Å². The largest absolute Gasteiger partial charge is 0.492 e. The molecule has 0 heterocycles. The summed E-state index contributed by atoms with van der Waals surface area (Å²) in [5, 5.41) is 5.66. The number of ether oxygens (including phenoxy) is 1. The molecule has 1 aromatic rings. The average molecular weight is 636 g/mol. The Bertz CT molecular complexity index is 1210. The number of hydrogen-bond acceptors (Lipinski definition) is 4. The third-order valence-corrected chi connectivity index (χ3v) is 7.00. The average Bonchev–Trinajstić information content (AvgIpc) is 2.95. The van der Waals surface area contributed by atoms with E-state index in [2.05, 4.69) is 31.4 Å². The van der Waals surface area contributed by atoms with E-state index >= 15 is 0 Å². The molecule has 0 saturated heterocycles. The molecule has 2 N–H and O–H groups in total. The number of aliphatic imine (C=N–C) groups is 1. The number of nitrogens with zero attached hydrogens (tertiary/aromatic N) is 1. The second-order valence-electron chi connectivity index (χ2n) is 12.1. The standard InChI is InChI=1S/C31H44F3N3O3.C5H12/c1-9-12-15-24(31(32,33)34)16-13-14-21(4)28(38)37-26-19-22(5)25(20-27(26)40-11-3)36-23(6)17-18-30(7,8)29(39)35-10-2;1-4-5(2)3/h13-16,19-20H,9-12,17-18H2,1-8H3,(H,35,39)(H,37,38);5H,4H2,1-3H3/b16-13-,21-14+,24-15-,36-23?;. The van der Waals surface area contributed by atoms with Crippen LogP contribution in [0.2, 0.25) is 0 Å². The van der Waals surface area contributed by atoms with Crippen LogP contribution in [0.1, 0.15) is 107 Å². The number of unbranched alkanes of at least 4 members (excludes halogenated alkanes) is 1. The van der Waals surface area contributed by atoms with Crippen molar-refractivity contribution in [2.45, 2.75) is 114 Å². The first-order valence-electron chi connectivity index (χ1n) is 16.0. The number of carbonyl (C=O) groups is 2. The minimum Gasteiger partial charge on any atom is -0.492 e. The minimum atomic E-state index is -4.46. The van der Waals surface area contributed by atoms with Gasteiger partial charge < -0.3 is 15.4 Å². The molecule has 1 rings (SSSR count). The Morgan fingerprint density at radius 3 is 2.20 bits per heavy atom. The maximum Gasteiger partial charge on any atom is 0.416 e. The summed E-state index contributed by atoms with van der Waals surface area (Å²) in [7, 11) is 0. The predicted molar refractivity (Wildman–Crippen MR) is 183 cm³/mol. The van der Waals surface area contributed by atoms with Gasteiger partial charge in [-0.1, -0.05) is 78.7 Å². The van der Waals surface area contributed by atoms with Crippen molar-refractivity contribution in [2.75, 3.05) is 18.5 Å². The second-order valence-corrected chi connectivity index (χ2v) is 12.1. The van der Waals surface area contributed by atoms with Crippen LogP contribution in [-0.2, 0) is 9.59 Å². The molecule has 9 heteroatoms. The van der Waals surface area contributed by atoms with Gasteiger partial charge in [-0.05, 0) is 71.4 Å². The topological polar surface area (TPSA) is 79.8 Å². The Hall–Kier alpha value is -3.36. The monoisotopic (exact) mass is 635 g/mol. The Kier molecular flexibility index (Phi) is 19.1. The van der Waals surface area contributed by atoms with E-state index in [4.69, 9.17) is 9.73 Å². The molecule has 0 aliphatic heterocycles. The maximum absolute atomic E-state index is 13.2. The van der Waals surface area contributed by atoms with Gasteiger partial charge in [-0.2, -0.15) is 13.2 Å². The normalized spacial score (nSPS) is 13.1. The molecule has 0 saturated carbocycles. The number of amides is 2. The lowest BCUT2D eigenvalue weighted by atomic mass is 9.86. The van der Waals surface area contributed by atoms with Gasteiger partial charge in [0.2, 0.25) is 5.91 Å². The first-order valence-corrected chi connectivity index (χ1v) is 16.0. The summed E-state index contributed by atoms with van der Waals surface area (Å²) in [4.78, 5) is 29.8. The van der Waals surface area contributed by atoms with E-state index in [1.807, 2.05) is 41.5 Å². The van der Waals surface area contributed by atoms with E-state index < -0.39 is 23.1 Å². The number of benzene rings is 1. The molecule has 0 radical (unpaired) electrons. The molecule has 1 aromatic carbocycles. The van der Waals surface area contributed by atoms with E-state index in [0.717, 1.165) is 29.3 Å². The van der Waals surface area contributed by atoms with E-state index in [1.165, 1.54) is 25.5 Å². The SMILES string of the molecule is CCC(C)C.CCC/C=C(/C=C\C=C(/C)C(=O)Nc1cc(C)c(N=C(C)CCC(C)(C)C(=O)NCC)cc1OCC)C(F)(F)F. The summed E-state index contributed by atoms with van der Waals surface area (Å²) in [6.07, 6.45) is 3.72. The van der Waals surface area contributed by atoms with Crippen LogP contribution in [0, 0.1) is 18.3 Å². The van der Waals surface area contributed by atoms with Crippen LogP contribution in [0.5, 0.6) is 5.75 Å². The number of carbonyl (C=O) groups excluding carboxylic acids is 2. The first kappa shape index (κ1) is 41.6. The Morgan fingerprint density at radius 2 is 1.69 bits per heavy atom. The van der Waals surface area contributed by atoms with Crippen molar-refractivity contribution in [2.24, 2.45) is 16.3 Å². The number of halogens is 3.